The zero-order valence-electron chi connectivity index (χ0n) is 11.4. The van der Waals surface area contributed by atoms with Crippen LogP contribution in [0.2, 0.25) is 0 Å². The number of rotatable bonds is 5. The summed E-state index contributed by atoms with van der Waals surface area (Å²) in [7, 11) is -3.08. The van der Waals surface area contributed by atoms with Crippen molar-refractivity contribution in [1.29, 1.82) is 0 Å². The van der Waals surface area contributed by atoms with Gasteiger partial charge in [-0.2, -0.15) is 0 Å². The quantitative estimate of drug-likeness (QED) is 0.908. The summed E-state index contributed by atoms with van der Waals surface area (Å²) < 4.78 is 22.8. The molecule has 1 aromatic carbocycles. The summed E-state index contributed by atoms with van der Waals surface area (Å²) in [5.74, 6) is 0. The summed E-state index contributed by atoms with van der Waals surface area (Å²) in [6, 6.07) is 7.89. The van der Waals surface area contributed by atoms with Crippen molar-refractivity contribution in [3.8, 4) is 0 Å². The van der Waals surface area contributed by atoms with Gasteiger partial charge in [0.25, 0.3) is 0 Å². The monoisotopic (exact) mass is 299 g/mol. The number of sulfone groups is 1. The Labute approximate surface area is 120 Å². The van der Waals surface area contributed by atoms with Gasteiger partial charge in [0, 0.05) is 22.4 Å². The number of nitrogens with one attached hydrogen (secondary N) is 1. The lowest BCUT2D eigenvalue weighted by Crippen LogP contribution is -2.26. The SMILES string of the molecule is CCNC1CCC(Sc2ccc(S(C)(=O)=O)cc2)C1. The Kier molecular flexibility index (Phi) is 4.92. The van der Waals surface area contributed by atoms with Gasteiger partial charge in [0.05, 0.1) is 4.90 Å². The Morgan fingerprint density at radius 2 is 1.95 bits per heavy atom. The minimum Gasteiger partial charge on any atom is -0.314 e. The highest BCUT2D eigenvalue weighted by atomic mass is 32.2. The first-order valence-electron chi connectivity index (χ1n) is 6.69. The van der Waals surface area contributed by atoms with E-state index in [4.69, 9.17) is 0 Å². The van der Waals surface area contributed by atoms with Crippen molar-refractivity contribution >= 4 is 21.6 Å². The summed E-state index contributed by atoms with van der Waals surface area (Å²) in [5.41, 5.74) is 0. The smallest absolute Gasteiger partial charge is 0.175 e. The molecule has 3 nitrogen and oxygen atoms in total. The van der Waals surface area contributed by atoms with Crippen LogP contribution in [0.5, 0.6) is 0 Å². The van der Waals surface area contributed by atoms with E-state index in [1.165, 1.54) is 25.5 Å². The fraction of sp³-hybridized carbons (Fsp3) is 0.571. The van der Waals surface area contributed by atoms with E-state index in [9.17, 15) is 8.42 Å². The highest BCUT2D eigenvalue weighted by molar-refractivity contribution is 8.00. The van der Waals surface area contributed by atoms with Crippen LogP contribution in [0.1, 0.15) is 26.2 Å². The Morgan fingerprint density at radius 1 is 1.26 bits per heavy atom. The first-order valence-corrected chi connectivity index (χ1v) is 9.46. The molecule has 1 saturated carbocycles. The molecule has 2 atom stereocenters. The molecule has 5 heteroatoms. The van der Waals surface area contributed by atoms with Crippen molar-refractivity contribution in [3.05, 3.63) is 24.3 Å². The molecule has 19 heavy (non-hydrogen) atoms. The molecule has 1 aromatic rings. The van der Waals surface area contributed by atoms with Crippen LogP contribution >= 0.6 is 11.8 Å². The number of hydrogen-bond acceptors (Lipinski definition) is 4. The molecule has 2 unspecified atom stereocenters. The number of benzene rings is 1. The predicted octanol–water partition coefficient (Wildman–Crippen LogP) is 2.71. The standard InChI is InChI=1S/C14H21NO2S2/c1-3-15-11-4-5-13(10-11)18-12-6-8-14(9-7-12)19(2,16)17/h6-9,11,13,15H,3-5,10H2,1-2H3. The molecule has 0 bridgehead atoms. The topological polar surface area (TPSA) is 46.2 Å². The molecule has 0 amide bonds. The van der Waals surface area contributed by atoms with Crippen LogP contribution < -0.4 is 5.32 Å². The van der Waals surface area contributed by atoms with Gasteiger partial charge in [-0.15, -0.1) is 11.8 Å². The number of thioether (sulfide) groups is 1. The van der Waals surface area contributed by atoms with Gasteiger partial charge < -0.3 is 5.32 Å². The Morgan fingerprint density at radius 3 is 2.53 bits per heavy atom. The van der Waals surface area contributed by atoms with Crippen molar-refractivity contribution in [1.82, 2.24) is 5.32 Å². The summed E-state index contributed by atoms with van der Waals surface area (Å²) in [6.07, 6.45) is 4.92. The van der Waals surface area contributed by atoms with E-state index in [-0.39, 0.29) is 0 Å². The van der Waals surface area contributed by atoms with Gasteiger partial charge in [0.1, 0.15) is 0 Å². The average molecular weight is 299 g/mol. The molecule has 0 radical (unpaired) electrons. The molecule has 1 fully saturated rings. The predicted molar refractivity (Wildman–Crippen MR) is 80.5 cm³/mol. The van der Waals surface area contributed by atoms with E-state index in [1.807, 2.05) is 23.9 Å². The maximum atomic E-state index is 11.4. The lowest BCUT2D eigenvalue weighted by Gasteiger charge is -2.12. The zero-order chi connectivity index (χ0) is 13.9. The third-order valence-electron chi connectivity index (χ3n) is 3.43. The van der Waals surface area contributed by atoms with Crippen molar-refractivity contribution < 1.29 is 8.42 Å². The van der Waals surface area contributed by atoms with Crippen LogP contribution in [0, 0.1) is 0 Å². The van der Waals surface area contributed by atoms with Crippen molar-refractivity contribution in [2.45, 2.75) is 47.3 Å². The second-order valence-corrected chi connectivity index (χ2v) is 8.44. The lowest BCUT2D eigenvalue weighted by atomic mass is 10.2. The van der Waals surface area contributed by atoms with E-state index in [0.717, 1.165) is 11.4 Å². The molecular weight excluding hydrogens is 278 g/mol. The lowest BCUT2D eigenvalue weighted by molar-refractivity contribution is 0.543. The normalized spacial score (nSPS) is 23.7. The van der Waals surface area contributed by atoms with Crippen molar-refractivity contribution in [2.75, 3.05) is 12.8 Å². The molecule has 1 aliphatic rings. The van der Waals surface area contributed by atoms with Gasteiger partial charge in [-0.05, 0) is 50.1 Å². The third kappa shape index (κ3) is 4.23. The van der Waals surface area contributed by atoms with Gasteiger partial charge in [0.2, 0.25) is 0 Å². The molecule has 0 saturated heterocycles. The third-order valence-corrected chi connectivity index (χ3v) is 5.87. The molecule has 0 heterocycles. The number of hydrogen-bond donors (Lipinski definition) is 1. The van der Waals surface area contributed by atoms with Crippen molar-refractivity contribution in [3.63, 3.8) is 0 Å². The largest absolute Gasteiger partial charge is 0.314 e. The van der Waals surface area contributed by atoms with Crippen LogP contribution in [0.3, 0.4) is 0 Å². The Hall–Kier alpha value is -0.520. The zero-order valence-corrected chi connectivity index (χ0v) is 13.1. The minimum absolute atomic E-state index is 0.397. The Bertz CT molecular complexity index is 511. The molecule has 0 aliphatic heterocycles. The molecule has 1 aliphatic carbocycles. The molecule has 1 N–H and O–H groups in total. The van der Waals surface area contributed by atoms with Crippen LogP contribution in [0.15, 0.2) is 34.1 Å². The van der Waals surface area contributed by atoms with Crippen molar-refractivity contribution in [2.24, 2.45) is 0 Å². The second kappa shape index (κ2) is 6.29. The maximum absolute atomic E-state index is 11.4. The first-order chi connectivity index (χ1) is 8.99. The van der Waals surface area contributed by atoms with Crippen LogP contribution in [0.25, 0.3) is 0 Å². The van der Waals surface area contributed by atoms with Gasteiger partial charge in [-0.3, -0.25) is 0 Å². The van der Waals surface area contributed by atoms with Gasteiger partial charge in [-0.25, -0.2) is 8.42 Å². The second-order valence-electron chi connectivity index (χ2n) is 5.05. The molecular formula is C14H21NO2S2. The molecule has 0 aromatic heterocycles. The fourth-order valence-electron chi connectivity index (χ4n) is 2.48. The summed E-state index contributed by atoms with van der Waals surface area (Å²) in [4.78, 5) is 1.56. The Balaban J connectivity index is 1.94. The summed E-state index contributed by atoms with van der Waals surface area (Å²) in [6.45, 7) is 3.18. The van der Waals surface area contributed by atoms with Gasteiger partial charge >= 0.3 is 0 Å². The minimum atomic E-state index is -3.08. The maximum Gasteiger partial charge on any atom is 0.175 e. The van der Waals surface area contributed by atoms with E-state index < -0.39 is 9.84 Å². The highest BCUT2D eigenvalue weighted by Gasteiger charge is 2.24. The summed E-state index contributed by atoms with van der Waals surface area (Å²) in [5, 5.41) is 4.14. The highest BCUT2D eigenvalue weighted by Crippen LogP contribution is 2.35. The van der Waals surface area contributed by atoms with Crippen LogP contribution in [0.4, 0.5) is 0 Å². The molecule has 2 rings (SSSR count). The van der Waals surface area contributed by atoms with E-state index >= 15 is 0 Å². The van der Waals surface area contributed by atoms with Gasteiger partial charge in [0.15, 0.2) is 9.84 Å². The summed E-state index contributed by atoms with van der Waals surface area (Å²) >= 11 is 1.87. The molecule has 0 spiro atoms. The van der Waals surface area contributed by atoms with Gasteiger partial charge in [-0.1, -0.05) is 6.92 Å². The average Bonchev–Trinajstić information content (AvgIpc) is 2.77. The molecule has 106 valence electrons. The van der Waals surface area contributed by atoms with E-state index in [0.29, 0.717) is 16.2 Å². The van der Waals surface area contributed by atoms with Crippen LogP contribution in [-0.4, -0.2) is 32.5 Å². The van der Waals surface area contributed by atoms with E-state index in [2.05, 4.69) is 12.2 Å². The first kappa shape index (κ1) is 14.9. The van der Waals surface area contributed by atoms with E-state index in [1.54, 1.807) is 12.1 Å². The fourth-order valence-corrected chi connectivity index (χ4v) is 4.37. The van der Waals surface area contributed by atoms with Crippen LogP contribution in [-0.2, 0) is 9.84 Å².